The molecule has 0 heterocycles. The number of aliphatic carboxylic acids is 1. The summed E-state index contributed by atoms with van der Waals surface area (Å²) in [7, 11) is 0. The minimum absolute atomic E-state index is 0.0422. The van der Waals surface area contributed by atoms with Crippen LogP contribution in [0.2, 0.25) is 0 Å². The minimum Gasteiger partial charge on any atom is -0.508 e. The van der Waals surface area contributed by atoms with Gasteiger partial charge in [0.15, 0.2) is 0 Å². The van der Waals surface area contributed by atoms with Gasteiger partial charge >= 0.3 is 5.97 Å². The molecule has 0 saturated carbocycles. The molecule has 5 atom stereocenters. The van der Waals surface area contributed by atoms with Gasteiger partial charge in [-0.3, -0.25) is 19.2 Å². The summed E-state index contributed by atoms with van der Waals surface area (Å²) in [5.74, 6) is -4.57. The monoisotopic (exact) mass is 523 g/mol. The molecule has 0 radical (unpaired) electrons. The maximum Gasteiger partial charge on any atom is 0.326 e. The Hall–Kier alpha value is -3.71. The fourth-order valence-corrected chi connectivity index (χ4v) is 3.43. The Morgan fingerprint density at radius 1 is 0.892 bits per heavy atom. The van der Waals surface area contributed by atoms with Crippen LogP contribution in [0.25, 0.3) is 0 Å². The minimum atomic E-state index is -1.54. The Morgan fingerprint density at radius 3 is 1.95 bits per heavy atom. The third kappa shape index (κ3) is 11.3. The van der Waals surface area contributed by atoms with Crippen LogP contribution in [0.1, 0.15) is 45.6 Å². The fraction of sp³-hybridized carbons (Fsp3) is 0.542. The highest BCUT2D eigenvalue weighted by molar-refractivity contribution is 5.94. The Morgan fingerprint density at radius 2 is 1.46 bits per heavy atom. The number of rotatable bonds is 15. The molecule has 10 N–H and O–H groups in total. The van der Waals surface area contributed by atoms with E-state index in [1.165, 1.54) is 19.1 Å². The number of carboxylic acid groups (broad SMARTS) is 1. The molecule has 206 valence electrons. The number of phenolic OH excluding ortho intramolecular Hbond substituents is 1. The molecule has 13 heteroatoms. The molecule has 1 rings (SSSR count). The van der Waals surface area contributed by atoms with Crippen LogP contribution in [0.15, 0.2) is 24.3 Å². The van der Waals surface area contributed by atoms with Crippen LogP contribution in [-0.4, -0.2) is 75.2 Å². The van der Waals surface area contributed by atoms with Crippen LogP contribution in [0.3, 0.4) is 0 Å². The van der Waals surface area contributed by atoms with E-state index in [1.807, 2.05) is 0 Å². The summed E-state index contributed by atoms with van der Waals surface area (Å²) >= 11 is 0. The van der Waals surface area contributed by atoms with E-state index >= 15 is 0 Å². The van der Waals surface area contributed by atoms with Crippen molar-refractivity contribution in [1.29, 1.82) is 0 Å². The number of hydrogen-bond donors (Lipinski definition) is 8. The van der Waals surface area contributed by atoms with Gasteiger partial charge in [0, 0.05) is 6.42 Å². The van der Waals surface area contributed by atoms with E-state index in [-0.39, 0.29) is 37.4 Å². The van der Waals surface area contributed by atoms with Gasteiger partial charge < -0.3 is 42.7 Å². The van der Waals surface area contributed by atoms with E-state index in [0.29, 0.717) is 5.56 Å². The number of aliphatic hydroxyl groups is 1. The lowest BCUT2D eigenvalue weighted by atomic mass is 10.0. The molecular formula is C24H37N5O8. The third-order valence-electron chi connectivity index (χ3n) is 5.43. The first-order valence-corrected chi connectivity index (χ1v) is 11.8. The van der Waals surface area contributed by atoms with Crippen LogP contribution in [-0.2, 0) is 30.4 Å². The van der Waals surface area contributed by atoms with E-state index in [4.69, 9.17) is 11.5 Å². The summed E-state index contributed by atoms with van der Waals surface area (Å²) in [5, 5.41) is 35.9. The first-order chi connectivity index (χ1) is 17.2. The second-order valence-electron chi connectivity index (χ2n) is 9.30. The van der Waals surface area contributed by atoms with Crippen molar-refractivity contribution >= 4 is 29.6 Å². The predicted octanol–water partition coefficient (Wildman–Crippen LogP) is -1.51. The second kappa shape index (κ2) is 14.8. The molecule has 1 aromatic carbocycles. The molecule has 0 bridgehead atoms. The van der Waals surface area contributed by atoms with Crippen molar-refractivity contribution in [2.45, 2.75) is 76.7 Å². The van der Waals surface area contributed by atoms with Crippen LogP contribution in [0.5, 0.6) is 5.75 Å². The number of benzene rings is 1. The second-order valence-corrected chi connectivity index (χ2v) is 9.30. The van der Waals surface area contributed by atoms with E-state index in [9.17, 15) is 39.3 Å². The average molecular weight is 524 g/mol. The highest BCUT2D eigenvalue weighted by Gasteiger charge is 2.33. The zero-order valence-electron chi connectivity index (χ0n) is 21.1. The lowest BCUT2D eigenvalue weighted by molar-refractivity contribution is -0.143. The third-order valence-corrected chi connectivity index (χ3v) is 5.43. The highest BCUT2D eigenvalue weighted by Crippen LogP contribution is 2.11. The number of aliphatic hydroxyl groups excluding tert-OH is 1. The highest BCUT2D eigenvalue weighted by atomic mass is 16.4. The quantitative estimate of drug-likeness (QED) is 0.133. The molecule has 0 fully saturated rings. The first-order valence-electron chi connectivity index (χ1n) is 11.8. The Labute approximate surface area is 215 Å². The molecule has 13 nitrogen and oxygen atoms in total. The van der Waals surface area contributed by atoms with Gasteiger partial charge in [0.25, 0.3) is 0 Å². The van der Waals surface area contributed by atoms with Crippen LogP contribution in [0, 0.1) is 5.92 Å². The van der Waals surface area contributed by atoms with Crippen molar-refractivity contribution < 1.29 is 39.3 Å². The summed E-state index contributed by atoms with van der Waals surface area (Å²) in [6.45, 7) is 4.77. The summed E-state index contributed by atoms with van der Waals surface area (Å²) in [6.07, 6.45) is -1.69. The van der Waals surface area contributed by atoms with Gasteiger partial charge in [0.2, 0.25) is 23.6 Å². The van der Waals surface area contributed by atoms with Crippen molar-refractivity contribution in [1.82, 2.24) is 16.0 Å². The topological polar surface area (TPSA) is 234 Å². The number of carbonyl (C=O) groups is 5. The zero-order valence-corrected chi connectivity index (χ0v) is 21.1. The van der Waals surface area contributed by atoms with Gasteiger partial charge in [-0.1, -0.05) is 26.0 Å². The van der Waals surface area contributed by atoms with Gasteiger partial charge in [-0.15, -0.1) is 0 Å². The maximum absolute atomic E-state index is 13.0. The molecule has 4 amide bonds. The van der Waals surface area contributed by atoms with Crippen molar-refractivity contribution in [2.75, 3.05) is 0 Å². The number of primary amides is 1. The Kier molecular flexibility index (Phi) is 12.5. The summed E-state index contributed by atoms with van der Waals surface area (Å²) < 4.78 is 0. The molecule has 0 aliphatic rings. The van der Waals surface area contributed by atoms with Crippen molar-refractivity contribution in [3.05, 3.63) is 29.8 Å². The lowest BCUT2D eigenvalue weighted by Gasteiger charge is -2.26. The number of hydrogen-bond acceptors (Lipinski definition) is 8. The van der Waals surface area contributed by atoms with E-state index in [0.717, 1.165) is 0 Å². The molecule has 0 aliphatic heterocycles. The summed E-state index contributed by atoms with van der Waals surface area (Å²) in [5.41, 5.74) is 11.8. The van der Waals surface area contributed by atoms with Crippen molar-refractivity contribution in [3.8, 4) is 5.75 Å². The Balaban J connectivity index is 2.97. The molecule has 5 unspecified atom stereocenters. The number of nitrogens with two attached hydrogens (primary N) is 2. The standard InChI is InChI=1S/C24H37N5O8/c1-12(2)10-18(24(36)37)28-23(35)20(13(3)30)29-22(34)17(8-9-19(26)32)27-21(33)16(25)11-14-4-6-15(31)7-5-14/h4-7,12-13,16-18,20,30-31H,8-11,25H2,1-3H3,(H2,26,32)(H,27,33)(H,28,35)(H,29,34)(H,36,37). The molecular weight excluding hydrogens is 486 g/mol. The van der Waals surface area contributed by atoms with Crippen molar-refractivity contribution in [2.24, 2.45) is 17.4 Å². The number of amides is 4. The lowest BCUT2D eigenvalue weighted by Crippen LogP contribution is -2.60. The van der Waals surface area contributed by atoms with Crippen LogP contribution in [0.4, 0.5) is 0 Å². The number of nitrogens with one attached hydrogen (secondary N) is 3. The van der Waals surface area contributed by atoms with E-state index in [2.05, 4.69) is 16.0 Å². The predicted molar refractivity (Wildman–Crippen MR) is 133 cm³/mol. The number of carboxylic acids is 1. The molecule has 0 aliphatic carbocycles. The van der Waals surface area contributed by atoms with Gasteiger partial charge in [0.1, 0.15) is 23.9 Å². The van der Waals surface area contributed by atoms with Crippen LogP contribution < -0.4 is 27.4 Å². The number of aromatic hydroxyl groups is 1. The van der Waals surface area contributed by atoms with Gasteiger partial charge in [-0.05, 0) is 49.8 Å². The molecule has 1 aromatic rings. The van der Waals surface area contributed by atoms with Crippen molar-refractivity contribution in [3.63, 3.8) is 0 Å². The van der Waals surface area contributed by atoms with Gasteiger partial charge in [-0.2, -0.15) is 0 Å². The molecule has 0 aromatic heterocycles. The zero-order chi connectivity index (χ0) is 28.3. The molecule has 0 saturated heterocycles. The largest absolute Gasteiger partial charge is 0.508 e. The number of carbonyl (C=O) groups excluding carboxylic acids is 4. The smallest absolute Gasteiger partial charge is 0.326 e. The fourth-order valence-electron chi connectivity index (χ4n) is 3.43. The SMILES string of the molecule is CC(C)CC(NC(=O)C(NC(=O)C(CCC(N)=O)NC(=O)C(N)Cc1ccc(O)cc1)C(C)O)C(=O)O. The molecule has 37 heavy (non-hydrogen) atoms. The van der Waals surface area contributed by atoms with E-state index in [1.54, 1.807) is 26.0 Å². The summed E-state index contributed by atoms with van der Waals surface area (Å²) in [6, 6.07) is 0.822. The maximum atomic E-state index is 13.0. The first kappa shape index (κ1) is 31.3. The summed E-state index contributed by atoms with van der Waals surface area (Å²) in [4.78, 5) is 61.2. The van der Waals surface area contributed by atoms with E-state index < -0.39 is 59.9 Å². The van der Waals surface area contributed by atoms with Gasteiger partial charge in [0.05, 0.1) is 12.1 Å². The molecule has 0 spiro atoms. The van der Waals surface area contributed by atoms with Crippen LogP contribution >= 0.6 is 0 Å². The Bertz CT molecular complexity index is 951. The average Bonchev–Trinajstić information content (AvgIpc) is 2.79. The van der Waals surface area contributed by atoms with Gasteiger partial charge in [-0.25, -0.2) is 4.79 Å². The number of phenols is 1. The normalized spacial score (nSPS) is 15.1.